The van der Waals surface area contributed by atoms with Crippen LogP contribution in [0.1, 0.15) is 24.0 Å². The third-order valence-electron chi connectivity index (χ3n) is 3.45. The van der Waals surface area contributed by atoms with Crippen molar-refractivity contribution >= 4 is 5.57 Å². The summed E-state index contributed by atoms with van der Waals surface area (Å²) in [5.74, 6) is 0.423. The highest BCUT2D eigenvalue weighted by Gasteiger charge is 2.30. The van der Waals surface area contributed by atoms with E-state index in [-0.39, 0.29) is 0 Å². The molecule has 2 rings (SSSR count). The zero-order valence-corrected chi connectivity index (χ0v) is 11.2. The van der Waals surface area contributed by atoms with Crippen molar-refractivity contribution in [1.29, 1.82) is 0 Å². The second-order valence-electron chi connectivity index (χ2n) is 5.27. The Morgan fingerprint density at radius 2 is 1.79 bits per heavy atom. The monoisotopic (exact) mass is 269 g/mol. The standard InChI is InChI=1S/C15H18F3N/c1-19(2)10-12-4-3-5-14(12)11-6-8-13(9-7-11)15(16,17)18/h5-9,12H,3-4,10H2,1-2H3/t12-/m1/s1. The average Bonchev–Trinajstić information content (AvgIpc) is 2.75. The lowest BCUT2D eigenvalue weighted by atomic mass is 9.94. The highest BCUT2D eigenvalue weighted by Crippen LogP contribution is 2.36. The Morgan fingerprint density at radius 3 is 2.32 bits per heavy atom. The summed E-state index contributed by atoms with van der Waals surface area (Å²) >= 11 is 0. The van der Waals surface area contributed by atoms with Gasteiger partial charge in [0.15, 0.2) is 0 Å². The van der Waals surface area contributed by atoms with Crippen molar-refractivity contribution in [1.82, 2.24) is 4.90 Å². The van der Waals surface area contributed by atoms with E-state index in [9.17, 15) is 13.2 Å². The number of allylic oxidation sites excluding steroid dienone is 1. The summed E-state index contributed by atoms with van der Waals surface area (Å²) in [6.07, 6.45) is -0.0220. The molecule has 0 saturated heterocycles. The molecule has 0 bridgehead atoms. The van der Waals surface area contributed by atoms with E-state index in [2.05, 4.69) is 11.0 Å². The molecule has 1 aliphatic carbocycles. The fraction of sp³-hybridized carbons (Fsp3) is 0.467. The molecular formula is C15H18F3N. The number of halogens is 3. The van der Waals surface area contributed by atoms with Gasteiger partial charge in [-0.3, -0.25) is 0 Å². The number of benzene rings is 1. The first-order valence-corrected chi connectivity index (χ1v) is 6.40. The van der Waals surface area contributed by atoms with Crippen LogP contribution in [-0.2, 0) is 6.18 Å². The highest BCUT2D eigenvalue weighted by atomic mass is 19.4. The lowest BCUT2D eigenvalue weighted by Gasteiger charge is -2.20. The second-order valence-corrected chi connectivity index (χ2v) is 5.27. The largest absolute Gasteiger partial charge is 0.416 e. The zero-order valence-electron chi connectivity index (χ0n) is 11.2. The molecule has 4 heteroatoms. The van der Waals surface area contributed by atoms with Crippen LogP contribution < -0.4 is 0 Å². The Morgan fingerprint density at radius 1 is 1.16 bits per heavy atom. The van der Waals surface area contributed by atoms with Gasteiger partial charge in [-0.2, -0.15) is 13.2 Å². The number of hydrogen-bond acceptors (Lipinski definition) is 1. The minimum absolute atomic E-state index is 0.423. The molecule has 1 nitrogen and oxygen atoms in total. The van der Waals surface area contributed by atoms with Crippen LogP contribution in [-0.4, -0.2) is 25.5 Å². The third-order valence-corrected chi connectivity index (χ3v) is 3.45. The van der Waals surface area contributed by atoms with Crippen LogP contribution in [0.5, 0.6) is 0 Å². The number of hydrogen-bond donors (Lipinski definition) is 0. The molecule has 0 radical (unpaired) electrons. The second kappa shape index (κ2) is 5.37. The van der Waals surface area contributed by atoms with Crippen LogP contribution in [0.25, 0.3) is 5.57 Å². The fourth-order valence-electron chi connectivity index (χ4n) is 2.60. The Kier molecular flexibility index (Phi) is 3.99. The molecule has 0 amide bonds. The van der Waals surface area contributed by atoms with Crippen LogP contribution in [0.2, 0.25) is 0 Å². The van der Waals surface area contributed by atoms with Crippen LogP contribution in [0.15, 0.2) is 30.3 Å². The Balaban J connectivity index is 2.18. The Labute approximate surface area is 111 Å². The summed E-state index contributed by atoms with van der Waals surface area (Å²) < 4.78 is 37.6. The van der Waals surface area contributed by atoms with Gasteiger partial charge in [0.2, 0.25) is 0 Å². The predicted molar refractivity (Wildman–Crippen MR) is 70.7 cm³/mol. The van der Waals surface area contributed by atoms with Gasteiger partial charge in [-0.05, 0) is 56.1 Å². The molecule has 1 aromatic carbocycles. The average molecular weight is 269 g/mol. The first-order valence-electron chi connectivity index (χ1n) is 6.40. The highest BCUT2D eigenvalue weighted by molar-refractivity contribution is 5.69. The SMILES string of the molecule is CN(C)C[C@H]1CCC=C1c1ccc(C(F)(F)F)cc1. The van der Waals surface area contributed by atoms with Gasteiger partial charge in [0.05, 0.1) is 5.56 Å². The molecule has 1 aromatic rings. The van der Waals surface area contributed by atoms with E-state index < -0.39 is 11.7 Å². The molecule has 0 unspecified atom stereocenters. The van der Waals surface area contributed by atoms with Gasteiger partial charge in [-0.15, -0.1) is 0 Å². The van der Waals surface area contributed by atoms with Crippen molar-refractivity contribution in [2.24, 2.45) is 5.92 Å². The lowest BCUT2D eigenvalue weighted by Crippen LogP contribution is -2.21. The first kappa shape index (κ1) is 14.1. The van der Waals surface area contributed by atoms with Gasteiger partial charge in [-0.25, -0.2) is 0 Å². The normalized spacial score (nSPS) is 19.9. The van der Waals surface area contributed by atoms with E-state index in [1.807, 2.05) is 14.1 Å². The van der Waals surface area contributed by atoms with Gasteiger partial charge in [-0.1, -0.05) is 18.2 Å². The summed E-state index contributed by atoms with van der Waals surface area (Å²) in [7, 11) is 4.03. The van der Waals surface area contributed by atoms with Gasteiger partial charge in [0.1, 0.15) is 0 Å². The number of rotatable bonds is 3. The minimum Gasteiger partial charge on any atom is -0.309 e. The van der Waals surface area contributed by atoms with E-state index in [0.29, 0.717) is 5.92 Å². The molecule has 0 aliphatic heterocycles. The van der Waals surface area contributed by atoms with Gasteiger partial charge >= 0.3 is 6.18 Å². The molecule has 0 saturated carbocycles. The van der Waals surface area contributed by atoms with E-state index in [1.54, 1.807) is 12.1 Å². The van der Waals surface area contributed by atoms with Gasteiger partial charge in [0, 0.05) is 6.54 Å². The Hall–Kier alpha value is -1.29. The molecule has 0 spiro atoms. The quantitative estimate of drug-likeness (QED) is 0.799. The van der Waals surface area contributed by atoms with E-state index in [4.69, 9.17) is 0 Å². The van der Waals surface area contributed by atoms with Crippen molar-refractivity contribution in [3.63, 3.8) is 0 Å². The van der Waals surface area contributed by atoms with Crippen molar-refractivity contribution in [2.75, 3.05) is 20.6 Å². The van der Waals surface area contributed by atoms with E-state index in [1.165, 1.54) is 17.7 Å². The van der Waals surface area contributed by atoms with Gasteiger partial charge in [0.25, 0.3) is 0 Å². The van der Waals surface area contributed by atoms with Crippen molar-refractivity contribution in [3.05, 3.63) is 41.5 Å². The van der Waals surface area contributed by atoms with Gasteiger partial charge < -0.3 is 4.90 Å². The molecule has 1 aliphatic rings. The minimum atomic E-state index is -4.26. The van der Waals surface area contributed by atoms with Crippen molar-refractivity contribution in [3.8, 4) is 0 Å². The molecule has 0 aromatic heterocycles. The molecule has 19 heavy (non-hydrogen) atoms. The third kappa shape index (κ3) is 3.38. The maximum atomic E-state index is 12.5. The number of alkyl halides is 3. The Bertz CT molecular complexity index is 457. The first-order chi connectivity index (χ1) is 8.88. The summed E-state index contributed by atoms with van der Waals surface area (Å²) in [6, 6.07) is 5.51. The summed E-state index contributed by atoms with van der Waals surface area (Å²) in [5, 5.41) is 0. The lowest BCUT2D eigenvalue weighted by molar-refractivity contribution is -0.137. The van der Waals surface area contributed by atoms with E-state index >= 15 is 0 Å². The van der Waals surface area contributed by atoms with Crippen LogP contribution in [0.4, 0.5) is 13.2 Å². The van der Waals surface area contributed by atoms with Crippen LogP contribution in [0, 0.1) is 5.92 Å². The molecule has 0 heterocycles. The molecule has 0 fully saturated rings. The predicted octanol–water partition coefficient (Wildman–Crippen LogP) is 4.06. The summed E-state index contributed by atoms with van der Waals surface area (Å²) in [5.41, 5.74) is 1.51. The maximum absolute atomic E-state index is 12.5. The van der Waals surface area contributed by atoms with Crippen molar-refractivity contribution < 1.29 is 13.2 Å². The molecular weight excluding hydrogens is 251 g/mol. The number of nitrogens with zero attached hydrogens (tertiary/aromatic N) is 1. The smallest absolute Gasteiger partial charge is 0.309 e. The van der Waals surface area contributed by atoms with Crippen LogP contribution in [0.3, 0.4) is 0 Å². The zero-order chi connectivity index (χ0) is 14.0. The maximum Gasteiger partial charge on any atom is 0.416 e. The topological polar surface area (TPSA) is 3.24 Å². The summed E-state index contributed by atoms with van der Waals surface area (Å²) in [4.78, 5) is 2.12. The van der Waals surface area contributed by atoms with Crippen molar-refractivity contribution in [2.45, 2.75) is 19.0 Å². The summed E-state index contributed by atoms with van der Waals surface area (Å²) in [6.45, 7) is 0.937. The van der Waals surface area contributed by atoms with E-state index in [0.717, 1.165) is 24.9 Å². The molecule has 0 N–H and O–H groups in total. The van der Waals surface area contributed by atoms with Crippen LogP contribution >= 0.6 is 0 Å². The molecule has 1 atom stereocenters. The fourth-order valence-corrected chi connectivity index (χ4v) is 2.60. The molecule has 104 valence electrons.